The summed E-state index contributed by atoms with van der Waals surface area (Å²) in [6.45, 7) is 3.25. The van der Waals surface area contributed by atoms with Crippen molar-refractivity contribution in [2.45, 2.75) is 12.8 Å². The van der Waals surface area contributed by atoms with E-state index in [4.69, 9.17) is 15.2 Å². The highest BCUT2D eigenvalue weighted by Gasteiger charge is 2.15. The van der Waals surface area contributed by atoms with Crippen LogP contribution in [0.15, 0.2) is 24.3 Å². The van der Waals surface area contributed by atoms with Crippen LogP contribution < -0.4 is 10.5 Å². The normalized spacial score (nSPS) is 15.3. The molecule has 19 heavy (non-hydrogen) atoms. The van der Waals surface area contributed by atoms with Crippen molar-refractivity contribution in [3.63, 3.8) is 0 Å². The van der Waals surface area contributed by atoms with E-state index in [1.165, 1.54) is 0 Å². The molecule has 2 rings (SSSR count). The molecule has 1 aliphatic rings. The molecule has 1 aromatic rings. The molecule has 0 radical (unpaired) electrons. The molecule has 2 N–H and O–H groups in total. The molecule has 0 saturated carbocycles. The number of anilines is 1. The Labute approximate surface area is 113 Å². The molecule has 5 nitrogen and oxygen atoms in total. The summed E-state index contributed by atoms with van der Waals surface area (Å²) in [5, 5.41) is 0. The van der Waals surface area contributed by atoms with E-state index in [0.717, 1.165) is 17.9 Å². The zero-order chi connectivity index (χ0) is 13.5. The van der Waals surface area contributed by atoms with E-state index in [-0.39, 0.29) is 5.91 Å². The number of morpholine rings is 1. The number of ether oxygens (including phenoxy) is 2. The molecule has 0 bridgehead atoms. The van der Waals surface area contributed by atoms with Crippen LogP contribution in [0.3, 0.4) is 0 Å². The van der Waals surface area contributed by atoms with Gasteiger partial charge < -0.3 is 20.1 Å². The number of hydrogen-bond acceptors (Lipinski definition) is 4. The molecule has 0 atom stereocenters. The number of carbonyl (C=O) groups excluding carboxylic acids is 1. The lowest BCUT2D eigenvalue weighted by Gasteiger charge is -2.26. The largest absolute Gasteiger partial charge is 0.494 e. The van der Waals surface area contributed by atoms with Crippen molar-refractivity contribution in [3.05, 3.63) is 24.3 Å². The van der Waals surface area contributed by atoms with Crippen LogP contribution in [-0.2, 0) is 9.53 Å². The SMILES string of the molecule is Nc1ccc(OCCCC(=O)N2CCOCC2)cc1. The van der Waals surface area contributed by atoms with Crippen molar-refractivity contribution < 1.29 is 14.3 Å². The van der Waals surface area contributed by atoms with Gasteiger partial charge in [-0.15, -0.1) is 0 Å². The first-order valence-electron chi connectivity index (χ1n) is 6.59. The van der Waals surface area contributed by atoms with Crippen molar-refractivity contribution in [2.24, 2.45) is 0 Å². The Hall–Kier alpha value is -1.75. The van der Waals surface area contributed by atoms with Gasteiger partial charge in [-0.2, -0.15) is 0 Å². The maximum Gasteiger partial charge on any atom is 0.222 e. The fraction of sp³-hybridized carbons (Fsp3) is 0.500. The standard InChI is InChI=1S/C14H20N2O3/c15-12-3-5-13(6-4-12)19-9-1-2-14(17)16-7-10-18-11-8-16/h3-6H,1-2,7-11,15H2. The van der Waals surface area contributed by atoms with Crippen LogP contribution in [0, 0.1) is 0 Å². The molecule has 0 aliphatic carbocycles. The molecule has 0 spiro atoms. The number of carbonyl (C=O) groups is 1. The fourth-order valence-electron chi connectivity index (χ4n) is 1.95. The minimum atomic E-state index is 0.184. The smallest absolute Gasteiger partial charge is 0.222 e. The van der Waals surface area contributed by atoms with Gasteiger partial charge in [-0.1, -0.05) is 0 Å². The number of benzene rings is 1. The van der Waals surface area contributed by atoms with Crippen LogP contribution in [0.5, 0.6) is 5.75 Å². The minimum absolute atomic E-state index is 0.184. The highest BCUT2D eigenvalue weighted by molar-refractivity contribution is 5.76. The Morgan fingerprint density at radius 2 is 1.95 bits per heavy atom. The number of nitrogen functional groups attached to an aromatic ring is 1. The van der Waals surface area contributed by atoms with E-state index in [0.29, 0.717) is 39.3 Å². The quantitative estimate of drug-likeness (QED) is 0.643. The highest BCUT2D eigenvalue weighted by Crippen LogP contribution is 2.13. The van der Waals surface area contributed by atoms with Crippen molar-refractivity contribution in [2.75, 3.05) is 38.6 Å². The van der Waals surface area contributed by atoms with Crippen LogP contribution in [0.2, 0.25) is 0 Å². The molecule has 1 amide bonds. The summed E-state index contributed by atoms with van der Waals surface area (Å²) in [5.74, 6) is 0.970. The van der Waals surface area contributed by atoms with E-state index in [1.807, 2.05) is 17.0 Å². The Morgan fingerprint density at radius 1 is 1.26 bits per heavy atom. The molecular formula is C14H20N2O3. The van der Waals surface area contributed by atoms with Gasteiger partial charge in [0.1, 0.15) is 5.75 Å². The summed E-state index contributed by atoms with van der Waals surface area (Å²) < 4.78 is 10.8. The van der Waals surface area contributed by atoms with Crippen LogP contribution in [0.1, 0.15) is 12.8 Å². The van der Waals surface area contributed by atoms with Gasteiger partial charge in [0.25, 0.3) is 0 Å². The summed E-state index contributed by atoms with van der Waals surface area (Å²) in [5.41, 5.74) is 6.31. The van der Waals surface area contributed by atoms with Gasteiger partial charge in [0, 0.05) is 25.2 Å². The second kappa shape index (κ2) is 6.99. The predicted octanol–water partition coefficient (Wildman–Crippen LogP) is 1.29. The molecule has 0 aromatic heterocycles. The fourth-order valence-corrected chi connectivity index (χ4v) is 1.95. The highest BCUT2D eigenvalue weighted by atomic mass is 16.5. The lowest BCUT2D eigenvalue weighted by molar-refractivity contribution is -0.135. The van der Waals surface area contributed by atoms with E-state index >= 15 is 0 Å². The van der Waals surface area contributed by atoms with E-state index in [9.17, 15) is 4.79 Å². The molecule has 1 aromatic carbocycles. The topological polar surface area (TPSA) is 64.8 Å². The maximum atomic E-state index is 11.9. The average molecular weight is 264 g/mol. The molecule has 5 heteroatoms. The maximum absolute atomic E-state index is 11.9. The molecule has 1 fully saturated rings. The Balaban J connectivity index is 1.63. The number of nitrogens with two attached hydrogens (primary N) is 1. The van der Waals surface area contributed by atoms with Gasteiger partial charge in [-0.25, -0.2) is 0 Å². The zero-order valence-electron chi connectivity index (χ0n) is 11.0. The van der Waals surface area contributed by atoms with Crippen LogP contribution in [0.25, 0.3) is 0 Å². The Morgan fingerprint density at radius 3 is 2.63 bits per heavy atom. The lowest BCUT2D eigenvalue weighted by atomic mass is 10.2. The summed E-state index contributed by atoms with van der Waals surface area (Å²) in [6.07, 6.45) is 1.25. The van der Waals surface area contributed by atoms with Crippen LogP contribution in [0.4, 0.5) is 5.69 Å². The average Bonchev–Trinajstić information content (AvgIpc) is 2.46. The predicted molar refractivity (Wildman–Crippen MR) is 73.0 cm³/mol. The van der Waals surface area contributed by atoms with Gasteiger partial charge >= 0.3 is 0 Å². The van der Waals surface area contributed by atoms with E-state index < -0.39 is 0 Å². The third-order valence-electron chi connectivity index (χ3n) is 3.05. The van der Waals surface area contributed by atoms with E-state index in [2.05, 4.69) is 0 Å². The Bertz CT molecular complexity index is 400. The molecular weight excluding hydrogens is 244 g/mol. The van der Waals surface area contributed by atoms with E-state index in [1.54, 1.807) is 12.1 Å². The first kappa shape index (κ1) is 13.7. The van der Waals surface area contributed by atoms with Crippen LogP contribution in [-0.4, -0.2) is 43.7 Å². The third-order valence-corrected chi connectivity index (χ3v) is 3.05. The van der Waals surface area contributed by atoms with Crippen LogP contribution >= 0.6 is 0 Å². The van der Waals surface area contributed by atoms with Gasteiger partial charge in [-0.3, -0.25) is 4.79 Å². The molecule has 1 heterocycles. The third kappa shape index (κ3) is 4.44. The Kier molecular flexibility index (Phi) is 5.03. The number of rotatable bonds is 5. The minimum Gasteiger partial charge on any atom is -0.494 e. The van der Waals surface area contributed by atoms with Gasteiger partial charge in [0.2, 0.25) is 5.91 Å². The number of nitrogens with zero attached hydrogens (tertiary/aromatic N) is 1. The lowest BCUT2D eigenvalue weighted by Crippen LogP contribution is -2.40. The van der Waals surface area contributed by atoms with Gasteiger partial charge in [-0.05, 0) is 30.7 Å². The summed E-state index contributed by atoms with van der Waals surface area (Å²) in [4.78, 5) is 13.7. The molecule has 104 valence electrons. The monoisotopic (exact) mass is 264 g/mol. The summed E-state index contributed by atoms with van der Waals surface area (Å²) in [7, 11) is 0. The second-order valence-corrected chi connectivity index (χ2v) is 4.51. The first-order chi connectivity index (χ1) is 9.25. The van der Waals surface area contributed by atoms with Gasteiger partial charge in [0.05, 0.1) is 19.8 Å². The number of hydrogen-bond donors (Lipinski definition) is 1. The number of amides is 1. The first-order valence-corrected chi connectivity index (χ1v) is 6.59. The van der Waals surface area contributed by atoms with Crippen molar-refractivity contribution in [1.29, 1.82) is 0 Å². The van der Waals surface area contributed by atoms with Crippen molar-refractivity contribution in [1.82, 2.24) is 4.90 Å². The zero-order valence-corrected chi connectivity index (χ0v) is 11.0. The molecule has 0 unspecified atom stereocenters. The van der Waals surface area contributed by atoms with Crippen molar-refractivity contribution in [3.8, 4) is 5.75 Å². The summed E-state index contributed by atoms with van der Waals surface area (Å²) >= 11 is 0. The molecule has 1 aliphatic heterocycles. The van der Waals surface area contributed by atoms with Crippen molar-refractivity contribution >= 4 is 11.6 Å². The van der Waals surface area contributed by atoms with Gasteiger partial charge in [0.15, 0.2) is 0 Å². The second-order valence-electron chi connectivity index (χ2n) is 4.51. The summed E-state index contributed by atoms with van der Waals surface area (Å²) in [6, 6.07) is 7.26. The molecule has 1 saturated heterocycles.